The van der Waals surface area contributed by atoms with Gasteiger partial charge in [0.25, 0.3) is 0 Å². The van der Waals surface area contributed by atoms with Crippen LogP contribution < -0.4 is 4.74 Å². The number of carbonyl (C=O) groups excluding carboxylic acids is 2. The third-order valence-corrected chi connectivity index (χ3v) is 6.30. The number of allylic oxidation sites excluding steroid dienone is 1. The number of carbonyl (C=O) groups is 2. The van der Waals surface area contributed by atoms with Gasteiger partial charge in [-0.3, -0.25) is 9.59 Å². The van der Waals surface area contributed by atoms with Gasteiger partial charge in [0, 0.05) is 33.0 Å². The Kier molecular flexibility index (Phi) is 3.44. The Balaban J connectivity index is 1.83. The summed E-state index contributed by atoms with van der Waals surface area (Å²) in [5, 5.41) is 0. The maximum Gasteiger partial charge on any atom is 0.234 e. The van der Waals surface area contributed by atoms with E-state index < -0.39 is 17.2 Å². The predicted molar refractivity (Wildman–Crippen MR) is 104 cm³/mol. The number of hydrogen-bond donors (Lipinski definition) is 0. The second-order valence-electron chi connectivity index (χ2n) is 7.73. The van der Waals surface area contributed by atoms with Crippen LogP contribution in [0.4, 0.5) is 0 Å². The van der Waals surface area contributed by atoms with E-state index in [1.807, 2.05) is 44.2 Å². The lowest BCUT2D eigenvalue weighted by molar-refractivity contribution is -0.114. The number of Topliss-reactive ketones (excluding diaryl/α,β-unsaturated/α-hetero) is 2. The fourth-order valence-corrected chi connectivity index (χ4v) is 4.83. The third kappa shape index (κ3) is 2.27. The summed E-state index contributed by atoms with van der Waals surface area (Å²) < 4.78 is 13.2. The third-order valence-electron chi connectivity index (χ3n) is 5.81. The first-order valence-corrected chi connectivity index (χ1v) is 9.71. The summed E-state index contributed by atoms with van der Waals surface area (Å²) in [5.74, 6) is 0.0451. The molecular formula is C22H17BrO4. The molecule has 2 aromatic carbocycles. The Labute approximate surface area is 165 Å². The zero-order chi connectivity index (χ0) is 18.9. The average Bonchev–Trinajstić information content (AvgIpc) is 2.65. The van der Waals surface area contributed by atoms with Crippen molar-refractivity contribution in [2.45, 2.75) is 25.4 Å². The summed E-state index contributed by atoms with van der Waals surface area (Å²) in [5.41, 5.74) is 1.96. The fourth-order valence-electron chi connectivity index (χ4n) is 4.45. The number of rotatable bonds is 0. The van der Waals surface area contributed by atoms with Crippen LogP contribution in [0.25, 0.3) is 5.76 Å². The molecule has 0 fully saturated rings. The van der Waals surface area contributed by atoms with E-state index in [0.717, 1.165) is 15.8 Å². The first kappa shape index (κ1) is 16.8. The molecule has 0 saturated carbocycles. The molecule has 0 saturated heterocycles. The zero-order valence-electron chi connectivity index (χ0n) is 14.9. The van der Waals surface area contributed by atoms with Crippen LogP contribution in [-0.4, -0.2) is 23.8 Å². The van der Waals surface area contributed by atoms with E-state index in [4.69, 9.17) is 9.47 Å². The van der Waals surface area contributed by atoms with Crippen molar-refractivity contribution in [3.8, 4) is 5.75 Å². The monoisotopic (exact) mass is 424 g/mol. The highest BCUT2D eigenvalue weighted by Crippen LogP contribution is 2.55. The number of benzene rings is 2. The number of ether oxygens (including phenoxy) is 2. The Morgan fingerprint density at radius 1 is 1.04 bits per heavy atom. The van der Waals surface area contributed by atoms with Crippen LogP contribution in [-0.2, 0) is 9.53 Å². The van der Waals surface area contributed by atoms with Gasteiger partial charge in [0.15, 0.2) is 0 Å². The van der Waals surface area contributed by atoms with Gasteiger partial charge in [-0.1, -0.05) is 40.2 Å². The van der Waals surface area contributed by atoms with Crippen molar-refractivity contribution >= 4 is 33.3 Å². The SMILES string of the molecule is CC1(C)OC2=C(C(=O)C(=O)c3ccccc32)[C@@H]2c3cc(Br)ccc3OC[C@@H]21. The summed E-state index contributed by atoms with van der Waals surface area (Å²) in [6.07, 6.45) is 0. The summed E-state index contributed by atoms with van der Waals surface area (Å²) in [7, 11) is 0. The zero-order valence-corrected chi connectivity index (χ0v) is 16.5. The Morgan fingerprint density at radius 3 is 2.56 bits per heavy atom. The Morgan fingerprint density at radius 2 is 1.78 bits per heavy atom. The van der Waals surface area contributed by atoms with E-state index in [9.17, 15) is 9.59 Å². The molecule has 0 amide bonds. The molecule has 3 aliphatic rings. The van der Waals surface area contributed by atoms with Gasteiger partial charge in [-0.25, -0.2) is 0 Å². The molecular weight excluding hydrogens is 408 g/mol. The minimum absolute atomic E-state index is 0.0694. The maximum absolute atomic E-state index is 13.1. The average molecular weight is 425 g/mol. The van der Waals surface area contributed by atoms with Gasteiger partial charge in [0.2, 0.25) is 11.6 Å². The molecule has 1 aliphatic carbocycles. The van der Waals surface area contributed by atoms with Gasteiger partial charge in [0.05, 0.1) is 12.2 Å². The van der Waals surface area contributed by atoms with Gasteiger partial charge in [-0.05, 0) is 32.0 Å². The van der Waals surface area contributed by atoms with Crippen LogP contribution in [0, 0.1) is 5.92 Å². The second kappa shape index (κ2) is 5.55. The minimum atomic E-state index is -0.544. The molecule has 2 heterocycles. The van der Waals surface area contributed by atoms with Gasteiger partial charge in [-0.2, -0.15) is 0 Å². The van der Waals surface area contributed by atoms with Crippen molar-refractivity contribution < 1.29 is 19.1 Å². The lowest BCUT2D eigenvalue weighted by Crippen LogP contribution is -2.49. The van der Waals surface area contributed by atoms with E-state index in [-0.39, 0.29) is 11.8 Å². The summed E-state index contributed by atoms with van der Waals surface area (Å²) in [6.45, 7) is 4.47. The van der Waals surface area contributed by atoms with Gasteiger partial charge in [0.1, 0.15) is 17.1 Å². The normalized spacial score (nSPS) is 24.9. The van der Waals surface area contributed by atoms with E-state index >= 15 is 0 Å². The molecule has 2 aliphatic heterocycles. The standard InChI is InChI=1S/C22H17BrO4/c1-22(2)15-10-26-16-8-7-11(23)9-14(16)17(15)18-20(25)19(24)12-5-3-4-6-13(12)21(18)27-22/h3-9,15,17H,10H2,1-2H3/t15-,17+/m0/s1. The van der Waals surface area contributed by atoms with Crippen LogP contribution in [0.5, 0.6) is 5.75 Å². The van der Waals surface area contributed by atoms with Crippen molar-refractivity contribution in [1.82, 2.24) is 0 Å². The van der Waals surface area contributed by atoms with Gasteiger partial charge >= 0.3 is 0 Å². The van der Waals surface area contributed by atoms with E-state index in [2.05, 4.69) is 15.9 Å². The summed E-state index contributed by atoms with van der Waals surface area (Å²) in [4.78, 5) is 25.9. The molecule has 2 aromatic rings. The van der Waals surface area contributed by atoms with Crippen LogP contribution in [0.15, 0.2) is 52.5 Å². The molecule has 0 aromatic heterocycles. The number of halogens is 1. The van der Waals surface area contributed by atoms with E-state index in [0.29, 0.717) is 29.1 Å². The minimum Gasteiger partial charge on any atom is -0.493 e. The van der Waals surface area contributed by atoms with Crippen molar-refractivity contribution in [2.75, 3.05) is 6.61 Å². The highest BCUT2D eigenvalue weighted by atomic mass is 79.9. The van der Waals surface area contributed by atoms with Crippen LogP contribution in [0.2, 0.25) is 0 Å². The van der Waals surface area contributed by atoms with Crippen molar-refractivity contribution in [3.05, 3.63) is 69.2 Å². The molecule has 0 radical (unpaired) electrons. The molecule has 4 nitrogen and oxygen atoms in total. The first-order chi connectivity index (χ1) is 12.9. The van der Waals surface area contributed by atoms with Gasteiger partial charge in [-0.15, -0.1) is 0 Å². The molecule has 27 heavy (non-hydrogen) atoms. The van der Waals surface area contributed by atoms with Crippen molar-refractivity contribution in [2.24, 2.45) is 5.92 Å². The molecule has 5 heteroatoms. The molecule has 0 unspecified atom stereocenters. The van der Waals surface area contributed by atoms with E-state index in [1.165, 1.54) is 0 Å². The van der Waals surface area contributed by atoms with Crippen molar-refractivity contribution in [1.29, 1.82) is 0 Å². The molecule has 136 valence electrons. The number of hydrogen-bond acceptors (Lipinski definition) is 4. The quantitative estimate of drug-likeness (QED) is 0.583. The van der Waals surface area contributed by atoms with E-state index in [1.54, 1.807) is 12.1 Å². The lowest BCUT2D eigenvalue weighted by Gasteiger charge is -2.48. The smallest absolute Gasteiger partial charge is 0.234 e. The highest BCUT2D eigenvalue weighted by Gasteiger charge is 2.53. The largest absolute Gasteiger partial charge is 0.493 e. The Bertz CT molecular complexity index is 1050. The van der Waals surface area contributed by atoms with Crippen LogP contribution >= 0.6 is 15.9 Å². The number of fused-ring (bicyclic) bond motifs is 6. The summed E-state index contributed by atoms with van der Waals surface area (Å²) >= 11 is 3.52. The van der Waals surface area contributed by atoms with Gasteiger partial charge < -0.3 is 9.47 Å². The maximum atomic E-state index is 13.1. The first-order valence-electron chi connectivity index (χ1n) is 8.92. The van der Waals surface area contributed by atoms with Crippen LogP contribution in [0.3, 0.4) is 0 Å². The molecule has 0 bridgehead atoms. The molecule has 0 N–H and O–H groups in total. The number of ketones is 2. The topological polar surface area (TPSA) is 52.6 Å². The molecule has 5 rings (SSSR count). The highest BCUT2D eigenvalue weighted by molar-refractivity contribution is 9.10. The Hall–Kier alpha value is -2.40. The predicted octanol–water partition coefficient (Wildman–Crippen LogP) is 4.53. The molecule has 2 atom stereocenters. The lowest BCUT2D eigenvalue weighted by atomic mass is 9.66. The van der Waals surface area contributed by atoms with Crippen molar-refractivity contribution in [3.63, 3.8) is 0 Å². The summed E-state index contributed by atoms with van der Waals surface area (Å²) in [6, 6.07) is 13.0. The van der Waals surface area contributed by atoms with Crippen LogP contribution in [0.1, 0.15) is 41.3 Å². The second-order valence-corrected chi connectivity index (χ2v) is 8.65. The molecule has 0 spiro atoms. The fraction of sp³-hybridized carbons (Fsp3) is 0.273.